The number of carbonyl (C=O) groups is 2. The van der Waals surface area contributed by atoms with E-state index in [4.69, 9.17) is 4.84 Å². The van der Waals surface area contributed by atoms with Crippen molar-refractivity contribution in [2.24, 2.45) is 0 Å². The smallest absolute Gasteiger partial charge is 0.247 e. The summed E-state index contributed by atoms with van der Waals surface area (Å²) in [5.41, 5.74) is 1.52. The second kappa shape index (κ2) is 5.30. The highest BCUT2D eigenvalue weighted by Gasteiger charge is 2.27. The highest BCUT2D eigenvalue weighted by Crippen LogP contribution is 2.31. The lowest BCUT2D eigenvalue weighted by molar-refractivity contribution is -0.130. The van der Waals surface area contributed by atoms with Crippen molar-refractivity contribution >= 4 is 17.4 Å². The number of anilines is 1. The summed E-state index contributed by atoms with van der Waals surface area (Å²) in [6, 6.07) is 5.31. The van der Waals surface area contributed by atoms with Crippen LogP contribution in [0.4, 0.5) is 5.69 Å². The van der Waals surface area contributed by atoms with Gasteiger partial charge < -0.3 is 0 Å². The number of hydrogen-bond acceptors (Lipinski definition) is 4. The number of fused-ring (bicyclic) bond motifs is 1. The number of carbonyl (C=O) groups excluding carboxylic acids is 2. The number of Topliss-reactive ketones (excluding diaryl/α,β-unsaturated/α-hetero) is 1. The summed E-state index contributed by atoms with van der Waals surface area (Å²) in [6.45, 7) is 6.86. The van der Waals surface area contributed by atoms with Gasteiger partial charge in [-0.25, -0.2) is 0 Å². The van der Waals surface area contributed by atoms with E-state index in [0.717, 1.165) is 10.6 Å². The van der Waals surface area contributed by atoms with Gasteiger partial charge in [0, 0.05) is 18.9 Å². The molecule has 110 valence electrons. The third-order valence-electron chi connectivity index (χ3n) is 3.13. The fourth-order valence-electron chi connectivity index (χ4n) is 2.30. The Labute approximate surface area is 124 Å². The van der Waals surface area contributed by atoms with Crippen LogP contribution >= 0.6 is 0 Å². The van der Waals surface area contributed by atoms with E-state index in [1.807, 2.05) is 26.8 Å². The monoisotopic (exact) mass is 286 g/mol. The molecule has 1 aliphatic carbocycles. The maximum absolute atomic E-state index is 11.9. The van der Waals surface area contributed by atoms with Crippen LogP contribution in [0.15, 0.2) is 12.1 Å². The van der Waals surface area contributed by atoms with Crippen molar-refractivity contribution in [1.82, 2.24) is 0 Å². The zero-order valence-electron chi connectivity index (χ0n) is 12.7. The van der Waals surface area contributed by atoms with Crippen LogP contribution in [0.5, 0.6) is 0 Å². The van der Waals surface area contributed by atoms with Gasteiger partial charge in [0.1, 0.15) is 6.07 Å². The van der Waals surface area contributed by atoms with E-state index in [1.54, 1.807) is 12.1 Å². The number of ketones is 1. The first kappa shape index (κ1) is 15.2. The van der Waals surface area contributed by atoms with E-state index in [2.05, 4.69) is 0 Å². The molecule has 0 atom stereocenters. The molecule has 0 radical (unpaired) electrons. The van der Waals surface area contributed by atoms with Crippen LogP contribution in [0.2, 0.25) is 0 Å². The summed E-state index contributed by atoms with van der Waals surface area (Å²) >= 11 is 0. The number of nitrogens with zero attached hydrogens (tertiary/aromatic N) is 2. The van der Waals surface area contributed by atoms with Crippen LogP contribution in [0, 0.1) is 11.3 Å². The molecule has 0 aromatic heterocycles. The van der Waals surface area contributed by atoms with E-state index in [-0.39, 0.29) is 17.3 Å². The molecule has 0 saturated heterocycles. The largest absolute Gasteiger partial charge is 0.294 e. The molecule has 2 rings (SSSR count). The molecule has 21 heavy (non-hydrogen) atoms. The number of aryl methyl sites for hydroxylation is 1. The van der Waals surface area contributed by atoms with Gasteiger partial charge in [-0.15, -0.1) is 0 Å². The first-order valence-electron chi connectivity index (χ1n) is 6.83. The Morgan fingerprint density at radius 3 is 2.52 bits per heavy atom. The van der Waals surface area contributed by atoms with Crippen LogP contribution in [-0.4, -0.2) is 17.3 Å². The molecule has 1 aliphatic rings. The molecule has 0 bridgehead atoms. The molecular weight excluding hydrogens is 268 g/mol. The number of rotatable bonds is 2. The number of nitriles is 1. The SMILES string of the molecule is CC(=O)N(OC(C)(C)C)c1cc2c(cc1C#N)C(=O)CC2. The topological polar surface area (TPSA) is 70.4 Å². The Balaban J connectivity index is 2.53. The van der Waals surface area contributed by atoms with Crippen molar-refractivity contribution < 1.29 is 14.4 Å². The molecule has 1 aromatic carbocycles. The lowest BCUT2D eigenvalue weighted by Crippen LogP contribution is -2.37. The van der Waals surface area contributed by atoms with Crippen LogP contribution < -0.4 is 5.06 Å². The van der Waals surface area contributed by atoms with Gasteiger partial charge in [0.05, 0.1) is 16.9 Å². The quantitative estimate of drug-likeness (QED) is 0.784. The normalized spacial score (nSPS) is 13.8. The van der Waals surface area contributed by atoms with Crippen molar-refractivity contribution in [2.75, 3.05) is 5.06 Å². The molecule has 0 aliphatic heterocycles. The molecule has 0 fully saturated rings. The van der Waals surface area contributed by atoms with Gasteiger partial charge in [-0.3, -0.25) is 14.4 Å². The van der Waals surface area contributed by atoms with Crippen molar-refractivity contribution in [1.29, 1.82) is 5.26 Å². The van der Waals surface area contributed by atoms with E-state index >= 15 is 0 Å². The van der Waals surface area contributed by atoms with Crippen molar-refractivity contribution in [3.05, 3.63) is 28.8 Å². The number of hydroxylamine groups is 1. The highest BCUT2D eigenvalue weighted by atomic mass is 16.7. The second-order valence-corrected chi connectivity index (χ2v) is 6.08. The summed E-state index contributed by atoms with van der Waals surface area (Å²) in [5.74, 6) is -0.273. The maximum atomic E-state index is 11.9. The minimum Gasteiger partial charge on any atom is -0.294 e. The summed E-state index contributed by atoms with van der Waals surface area (Å²) < 4.78 is 0. The molecule has 1 aromatic rings. The predicted octanol–water partition coefficient (Wildman–Crippen LogP) is 2.77. The lowest BCUT2D eigenvalue weighted by Gasteiger charge is -2.29. The first-order valence-corrected chi connectivity index (χ1v) is 6.83. The molecule has 0 N–H and O–H groups in total. The Morgan fingerprint density at radius 2 is 2.00 bits per heavy atom. The fraction of sp³-hybridized carbons (Fsp3) is 0.438. The molecule has 0 spiro atoms. The standard InChI is InChI=1S/C16H18N2O3/c1-10(19)18(21-16(2,3)4)14-8-11-5-6-15(20)13(11)7-12(14)9-17/h7-8H,5-6H2,1-4H3. The third kappa shape index (κ3) is 3.11. The van der Waals surface area contributed by atoms with Crippen LogP contribution in [0.1, 0.15) is 55.6 Å². The van der Waals surface area contributed by atoms with Crippen molar-refractivity contribution in [2.45, 2.75) is 46.1 Å². The average Bonchev–Trinajstić information content (AvgIpc) is 2.74. The van der Waals surface area contributed by atoms with Gasteiger partial charge in [-0.1, -0.05) is 0 Å². The Hall–Kier alpha value is -2.19. The summed E-state index contributed by atoms with van der Waals surface area (Å²) in [7, 11) is 0. The van der Waals surface area contributed by atoms with Crippen LogP contribution in [0.3, 0.4) is 0 Å². The Kier molecular flexibility index (Phi) is 3.84. The van der Waals surface area contributed by atoms with Gasteiger partial charge in [-0.05, 0) is 44.9 Å². The zero-order valence-corrected chi connectivity index (χ0v) is 12.7. The molecule has 5 nitrogen and oxygen atoms in total. The molecule has 0 saturated carbocycles. The number of amides is 1. The number of benzene rings is 1. The minimum absolute atomic E-state index is 0.0409. The van der Waals surface area contributed by atoms with Gasteiger partial charge >= 0.3 is 0 Å². The third-order valence-corrected chi connectivity index (χ3v) is 3.13. The average molecular weight is 286 g/mol. The fourth-order valence-corrected chi connectivity index (χ4v) is 2.30. The molecule has 0 unspecified atom stereocenters. The van der Waals surface area contributed by atoms with Crippen molar-refractivity contribution in [3.63, 3.8) is 0 Å². The van der Waals surface area contributed by atoms with Gasteiger partial charge in [0.15, 0.2) is 5.78 Å². The lowest BCUT2D eigenvalue weighted by atomic mass is 10.0. The molecule has 1 amide bonds. The summed E-state index contributed by atoms with van der Waals surface area (Å²) in [5, 5.41) is 10.5. The van der Waals surface area contributed by atoms with Crippen molar-refractivity contribution in [3.8, 4) is 6.07 Å². The molecule has 5 heteroatoms. The van der Waals surface area contributed by atoms with Crippen LogP contribution in [0.25, 0.3) is 0 Å². The zero-order chi connectivity index (χ0) is 15.8. The highest BCUT2D eigenvalue weighted by molar-refractivity contribution is 6.02. The Bertz CT molecular complexity index is 651. The van der Waals surface area contributed by atoms with E-state index in [1.165, 1.54) is 6.92 Å². The minimum atomic E-state index is -0.576. The van der Waals surface area contributed by atoms with E-state index in [9.17, 15) is 14.9 Å². The van der Waals surface area contributed by atoms with Gasteiger partial charge in [0.2, 0.25) is 5.91 Å². The summed E-state index contributed by atoms with van der Waals surface area (Å²) in [4.78, 5) is 29.3. The maximum Gasteiger partial charge on any atom is 0.247 e. The Morgan fingerprint density at radius 1 is 1.33 bits per heavy atom. The molecular formula is C16H18N2O3. The van der Waals surface area contributed by atoms with Gasteiger partial charge in [0.25, 0.3) is 0 Å². The number of hydrogen-bond donors (Lipinski definition) is 0. The van der Waals surface area contributed by atoms with E-state index in [0.29, 0.717) is 24.1 Å². The second-order valence-electron chi connectivity index (χ2n) is 6.08. The molecule has 0 heterocycles. The van der Waals surface area contributed by atoms with Crippen LogP contribution in [-0.2, 0) is 16.1 Å². The summed E-state index contributed by atoms with van der Waals surface area (Å²) in [6.07, 6.45) is 1.08. The first-order chi connectivity index (χ1) is 9.73. The predicted molar refractivity (Wildman–Crippen MR) is 77.8 cm³/mol. The van der Waals surface area contributed by atoms with Gasteiger partial charge in [-0.2, -0.15) is 10.3 Å². The van der Waals surface area contributed by atoms with E-state index < -0.39 is 5.60 Å².